The summed E-state index contributed by atoms with van der Waals surface area (Å²) in [4.78, 5) is 4.55. The molecule has 1 aliphatic heterocycles. The van der Waals surface area contributed by atoms with Gasteiger partial charge in [0.15, 0.2) is 5.90 Å². The molecular formula is C13H17ClN2O. The van der Waals surface area contributed by atoms with Gasteiger partial charge in [-0.15, -0.1) is 0 Å². The standard InChI is InChI=1S/C13H17ClN2O/c14-11-4-1-3-10(7-11)8-12-9-17-13(16-12)5-2-6-15/h1,3-4,7,12H,2,5-6,8-9,15H2. The highest BCUT2D eigenvalue weighted by Crippen LogP contribution is 2.16. The van der Waals surface area contributed by atoms with Crippen LogP contribution in [0.4, 0.5) is 0 Å². The molecule has 2 N–H and O–H groups in total. The lowest BCUT2D eigenvalue weighted by molar-refractivity contribution is 0.308. The molecular weight excluding hydrogens is 236 g/mol. The zero-order valence-corrected chi connectivity index (χ0v) is 10.5. The molecule has 0 saturated carbocycles. The quantitative estimate of drug-likeness (QED) is 0.875. The minimum Gasteiger partial charge on any atom is -0.479 e. The van der Waals surface area contributed by atoms with Gasteiger partial charge < -0.3 is 10.5 Å². The fourth-order valence-electron chi connectivity index (χ4n) is 1.90. The summed E-state index contributed by atoms with van der Waals surface area (Å²) in [5.74, 6) is 0.850. The van der Waals surface area contributed by atoms with Gasteiger partial charge in [0.25, 0.3) is 0 Å². The largest absolute Gasteiger partial charge is 0.479 e. The van der Waals surface area contributed by atoms with Crippen molar-refractivity contribution in [3.63, 3.8) is 0 Å². The van der Waals surface area contributed by atoms with E-state index in [0.717, 1.165) is 30.2 Å². The third kappa shape index (κ3) is 3.72. The van der Waals surface area contributed by atoms with E-state index in [1.54, 1.807) is 0 Å². The van der Waals surface area contributed by atoms with Crippen molar-refractivity contribution in [1.82, 2.24) is 0 Å². The second kappa shape index (κ2) is 6.03. The molecule has 4 heteroatoms. The van der Waals surface area contributed by atoms with Gasteiger partial charge in [0.05, 0.1) is 6.04 Å². The van der Waals surface area contributed by atoms with E-state index in [4.69, 9.17) is 22.1 Å². The summed E-state index contributed by atoms with van der Waals surface area (Å²) in [6, 6.07) is 8.12. The fraction of sp³-hybridized carbons (Fsp3) is 0.462. The van der Waals surface area contributed by atoms with E-state index in [2.05, 4.69) is 11.1 Å². The maximum absolute atomic E-state index is 5.95. The third-order valence-corrected chi connectivity index (χ3v) is 2.96. The Morgan fingerprint density at radius 3 is 3.12 bits per heavy atom. The lowest BCUT2D eigenvalue weighted by Gasteiger charge is -2.05. The monoisotopic (exact) mass is 252 g/mol. The Balaban J connectivity index is 1.90. The van der Waals surface area contributed by atoms with Gasteiger partial charge in [0.1, 0.15) is 6.61 Å². The average molecular weight is 253 g/mol. The predicted octanol–water partition coefficient (Wildman–Crippen LogP) is 2.42. The molecule has 1 heterocycles. The third-order valence-electron chi connectivity index (χ3n) is 2.72. The number of nitrogens with two attached hydrogens (primary N) is 1. The molecule has 1 aliphatic rings. The van der Waals surface area contributed by atoms with Gasteiger partial charge in [-0.2, -0.15) is 0 Å². The van der Waals surface area contributed by atoms with Crippen molar-refractivity contribution >= 4 is 17.5 Å². The van der Waals surface area contributed by atoms with Crippen LogP contribution in [-0.2, 0) is 11.2 Å². The smallest absolute Gasteiger partial charge is 0.183 e. The maximum Gasteiger partial charge on any atom is 0.183 e. The Kier molecular flexibility index (Phi) is 4.40. The molecule has 0 bridgehead atoms. The van der Waals surface area contributed by atoms with Crippen LogP contribution in [-0.4, -0.2) is 25.1 Å². The molecule has 0 spiro atoms. The Hall–Kier alpha value is -1.06. The molecule has 1 aromatic carbocycles. The van der Waals surface area contributed by atoms with Gasteiger partial charge in [0.2, 0.25) is 0 Å². The van der Waals surface area contributed by atoms with Crippen molar-refractivity contribution < 1.29 is 4.74 Å². The van der Waals surface area contributed by atoms with Gasteiger partial charge in [-0.3, -0.25) is 0 Å². The van der Waals surface area contributed by atoms with E-state index < -0.39 is 0 Å². The van der Waals surface area contributed by atoms with Crippen molar-refractivity contribution in [1.29, 1.82) is 0 Å². The second-order valence-electron chi connectivity index (χ2n) is 4.21. The van der Waals surface area contributed by atoms with Gasteiger partial charge in [-0.1, -0.05) is 23.7 Å². The van der Waals surface area contributed by atoms with E-state index in [0.29, 0.717) is 13.2 Å². The number of benzene rings is 1. The molecule has 0 aliphatic carbocycles. The van der Waals surface area contributed by atoms with Crippen molar-refractivity contribution in [2.24, 2.45) is 10.7 Å². The molecule has 2 rings (SSSR count). The fourth-order valence-corrected chi connectivity index (χ4v) is 2.11. The van der Waals surface area contributed by atoms with Crippen LogP contribution in [0.3, 0.4) is 0 Å². The number of rotatable bonds is 5. The molecule has 0 saturated heterocycles. The van der Waals surface area contributed by atoms with Gasteiger partial charge in [-0.25, -0.2) is 4.99 Å². The number of aliphatic imine (C=N–C) groups is 1. The van der Waals surface area contributed by atoms with E-state index in [9.17, 15) is 0 Å². The van der Waals surface area contributed by atoms with Crippen molar-refractivity contribution in [2.45, 2.75) is 25.3 Å². The van der Waals surface area contributed by atoms with Crippen LogP contribution < -0.4 is 5.73 Å². The molecule has 1 unspecified atom stereocenters. The minimum absolute atomic E-state index is 0.223. The SMILES string of the molecule is NCCCC1=NC(Cc2cccc(Cl)c2)CO1. The summed E-state index contributed by atoms with van der Waals surface area (Å²) in [5, 5.41) is 0.772. The first kappa shape index (κ1) is 12.4. The Morgan fingerprint density at radius 2 is 2.35 bits per heavy atom. The zero-order chi connectivity index (χ0) is 12.1. The van der Waals surface area contributed by atoms with Crippen LogP contribution in [0.2, 0.25) is 5.02 Å². The van der Waals surface area contributed by atoms with Crippen LogP contribution in [0.25, 0.3) is 0 Å². The molecule has 0 amide bonds. The summed E-state index contributed by atoms with van der Waals surface area (Å²) in [6.45, 7) is 1.35. The molecule has 0 aromatic heterocycles. The van der Waals surface area contributed by atoms with Crippen molar-refractivity contribution in [3.8, 4) is 0 Å². The van der Waals surface area contributed by atoms with E-state index >= 15 is 0 Å². The molecule has 0 fully saturated rings. The van der Waals surface area contributed by atoms with Gasteiger partial charge in [0, 0.05) is 11.4 Å². The number of halogens is 1. The Labute approximate surface area is 107 Å². The number of nitrogens with zero attached hydrogens (tertiary/aromatic N) is 1. The average Bonchev–Trinajstić information content (AvgIpc) is 2.74. The molecule has 0 radical (unpaired) electrons. The van der Waals surface area contributed by atoms with E-state index in [1.807, 2.05) is 18.2 Å². The molecule has 17 heavy (non-hydrogen) atoms. The lowest BCUT2D eigenvalue weighted by Crippen LogP contribution is -2.09. The van der Waals surface area contributed by atoms with Crippen LogP contribution >= 0.6 is 11.6 Å². The topological polar surface area (TPSA) is 47.6 Å². The number of hydrogen-bond acceptors (Lipinski definition) is 3. The Morgan fingerprint density at radius 1 is 1.47 bits per heavy atom. The van der Waals surface area contributed by atoms with Crippen LogP contribution in [0.15, 0.2) is 29.3 Å². The van der Waals surface area contributed by atoms with Crippen molar-refractivity contribution in [2.75, 3.05) is 13.2 Å². The normalized spacial score (nSPS) is 18.9. The summed E-state index contributed by atoms with van der Waals surface area (Å²) in [7, 11) is 0. The van der Waals surface area contributed by atoms with Gasteiger partial charge >= 0.3 is 0 Å². The second-order valence-corrected chi connectivity index (χ2v) is 4.65. The zero-order valence-electron chi connectivity index (χ0n) is 9.73. The van der Waals surface area contributed by atoms with Gasteiger partial charge in [-0.05, 0) is 37.1 Å². The van der Waals surface area contributed by atoms with E-state index in [1.165, 1.54) is 5.56 Å². The maximum atomic E-state index is 5.95. The summed E-state index contributed by atoms with van der Waals surface area (Å²) in [5.41, 5.74) is 6.66. The highest BCUT2D eigenvalue weighted by molar-refractivity contribution is 6.30. The summed E-state index contributed by atoms with van der Waals surface area (Å²) in [6.07, 6.45) is 2.66. The molecule has 92 valence electrons. The summed E-state index contributed by atoms with van der Waals surface area (Å²) >= 11 is 5.95. The lowest BCUT2D eigenvalue weighted by atomic mass is 10.1. The summed E-state index contributed by atoms with van der Waals surface area (Å²) < 4.78 is 5.53. The van der Waals surface area contributed by atoms with Crippen LogP contribution in [0.1, 0.15) is 18.4 Å². The minimum atomic E-state index is 0.223. The van der Waals surface area contributed by atoms with Crippen LogP contribution in [0.5, 0.6) is 0 Å². The van der Waals surface area contributed by atoms with E-state index in [-0.39, 0.29) is 6.04 Å². The first-order valence-corrected chi connectivity index (χ1v) is 6.29. The molecule has 3 nitrogen and oxygen atoms in total. The number of ether oxygens (including phenoxy) is 1. The molecule has 1 atom stereocenters. The Bertz CT molecular complexity index is 406. The number of hydrogen-bond donors (Lipinski definition) is 1. The van der Waals surface area contributed by atoms with Crippen LogP contribution in [0, 0.1) is 0 Å². The van der Waals surface area contributed by atoms with Crippen molar-refractivity contribution in [3.05, 3.63) is 34.9 Å². The predicted molar refractivity (Wildman–Crippen MR) is 70.6 cm³/mol. The first-order chi connectivity index (χ1) is 8.28. The first-order valence-electron chi connectivity index (χ1n) is 5.92. The highest BCUT2D eigenvalue weighted by Gasteiger charge is 2.18. The highest BCUT2D eigenvalue weighted by atomic mass is 35.5. The molecule has 1 aromatic rings.